The molecule has 0 aliphatic rings. The Balaban J connectivity index is 1.69. The topological polar surface area (TPSA) is 101 Å². The van der Waals surface area contributed by atoms with Crippen molar-refractivity contribution in [2.24, 2.45) is 7.05 Å². The molecule has 1 amide bonds. The highest BCUT2D eigenvalue weighted by molar-refractivity contribution is 6.02. The van der Waals surface area contributed by atoms with E-state index in [1.54, 1.807) is 25.4 Å². The highest BCUT2D eigenvalue weighted by Crippen LogP contribution is 2.19. The monoisotopic (exact) mass is 352 g/mol. The van der Waals surface area contributed by atoms with Crippen LogP contribution >= 0.6 is 0 Å². The molecule has 0 saturated carbocycles. The number of amides is 1. The minimum atomic E-state index is -0.309. The first-order valence-electron chi connectivity index (χ1n) is 7.98. The van der Waals surface area contributed by atoms with Gasteiger partial charge in [-0.15, -0.1) is 5.10 Å². The standard InChI is InChI=1S/C17H20N8O/c1-11-9-15(24(2)3)21-17(18-11)20-13-7-5-12(6-8-13)19-16(26)14-10-25(4)23-22-14/h5-10H,1-4H3,(H,19,26)(H,18,20,21). The number of hydrogen-bond acceptors (Lipinski definition) is 7. The van der Waals surface area contributed by atoms with Gasteiger partial charge in [0, 0.05) is 44.3 Å². The second kappa shape index (κ2) is 7.18. The van der Waals surface area contributed by atoms with Crippen molar-refractivity contribution in [2.45, 2.75) is 6.92 Å². The van der Waals surface area contributed by atoms with E-state index in [1.807, 2.05) is 44.1 Å². The maximum Gasteiger partial charge on any atom is 0.277 e. The van der Waals surface area contributed by atoms with Gasteiger partial charge in [0.2, 0.25) is 5.95 Å². The predicted molar refractivity (Wildman–Crippen MR) is 99.8 cm³/mol. The molecule has 3 rings (SSSR count). The Labute approximate surface area is 151 Å². The first-order chi connectivity index (χ1) is 12.4. The second-order valence-electron chi connectivity index (χ2n) is 6.02. The van der Waals surface area contributed by atoms with Crippen LogP contribution in [0, 0.1) is 6.92 Å². The normalized spacial score (nSPS) is 10.5. The van der Waals surface area contributed by atoms with Crippen molar-refractivity contribution in [1.82, 2.24) is 25.0 Å². The van der Waals surface area contributed by atoms with E-state index in [-0.39, 0.29) is 11.6 Å². The van der Waals surface area contributed by atoms with Gasteiger partial charge in [-0.1, -0.05) is 5.21 Å². The molecule has 134 valence electrons. The third kappa shape index (κ3) is 4.12. The highest BCUT2D eigenvalue weighted by atomic mass is 16.2. The fraction of sp³-hybridized carbons (Fsp3) is 0.235. The Morgan fingerprint density at radius 3 is 2.42 bits per heavy atom. The van der Waals surface area contributed by atoms with Crippen LogP contribution in [0.3, 0.4) is 0 Å². The zero-order valence-corrected chi connectivity index (χ0v) is 15.1. The number of carbonyl (C=O) groups is 1. The van der Waals surface area contributed by atoms with Gasteiger partial charge in [-0.25, -0.2) is 4.98 Å². The molecule has 0 aliphatic carbocycles. The Hall–Kier alpha value is -3.49. The number of aromatic nitrogens is 5. The van der Waals surface area contributed by atoms with Crippen molar-refractivity contribution < 1.29 is 4.79 Å². The average Bonchev–Trinajstić information content (AvgIpc) is 3.03. The molecule has 26 heavy (non-hydrogen) atoms. The lowest BCUT2D eigenvalue weighted by Gasteiger charge is -2.14. The quantitative estimate of drug-likeness (QED) is 0.724. The summed E-state index contributed by atoms with van der Waals surface area (Å²) in [4.78, 5) is 22.8. The Morgan fingerprint density at radius 2 is 1.81 bits per heavy atom. The van der Waals surface area contributed by atoms with Crippen molar-refractivity contribution in [3.05, 3.63) is 47.9 Å². The average molecular weight is 352 g/mol. The molecule has 9 heteroatoms. The summed E-state index contributed by atoms with van der Waals surface area (Å²) < 4.78 is 1.48. The number of anilines is 4. The first-order valence-corrected chi connectivity index (χ1v) is 7.98. The van der Waals surface area contributed by atoms with Crippen LogP contribution in [-0.2, 0) is 7.05 Å². The summed E-state index contributed by atoms with van der Waals surface area (Å²) in [6.07, 6.45) is 1.56. The largest absolute Gasteiger partial charge is 0.363 e. The molecule has 2 N–H and O–H groups in total. The molecule has 1 aromatic carbocycles. The summed E-state index contributed by atoms with van der Waals surface area (Å²) in [6.45, 7) is 1.92. The summed E-state index contributed by atoms with van der Waals surface area (Å²) >= 11 is 0. The number of rotatable bonds is 5. The van der Waals surface area contributed by atoms with Crippen LogP contribution in [0.1, 0.15) is 16.2 Å². The van der Waals surface area contributed by atoms with Crippen LogP contribution in [0.4, 0.5) is 23.1 Å². The SMILES string of the molecule is Cc1cc(N(C)C)nc(Nc2ccc(NC(=O)c3cn(C)nn3)cc2)n1. The second-order valence-corrected chi connectivity index (χ2v) is 6.02. The van der Waals surface area contributed by atoms with E-state index in [4.69, 9.17) is 0 Å². The lowest BCUT2D eigenvalue weighted by Crippen LogP contribution is -2.13. The summed E-state index contributed by atoms with van der Waals surface area (Å²) in [7, 11) is 5.57. The van der Waals surface area contributed by atoms with Gasteiger partial charge in [0.1, 0.15) is 5.82 Å². The van der Waals surface area contributed by atoms with Crippen molar-refractivity contribution in [3.8, 4) is 0 Å². The minimum Gasteiger partial charge on any atom is -0.363 e. The fourth-order valence-corrected chi connectivity index (χ4v) is 2.25. The maximum absolute atomic E-state index is 12.1. The number of hydrogen-bond donors (Lipinski definition) is 2. The van der Waals surface area contributed by atoms with Crippen molar-refractivity contribution >= 4 is 29.0 Å². The number of nitrogens with zero attached hydrogens (tertiary/aromatic N) is 6. The third-order valence-corrected chi connectivity index (χ3v) is 3.53. The molecule has 0 unspecified atom stereocenters. The molecule has 0 bridgehead atoms. The van der Waals surface area contributed by atoms with Crippen LogP contribution in [0.2, 0.25) is 0 Å². The molecule has 2 heterocycles. The third-order valence-electron chi connectivity index (χ3n) is 3.53. The number of benzene rings is 1. The van der Waals surface area contributed by atoms with Crippen molar-refractivity contribution in [2.75, 3.05) is 29.6 Å². The van der Waals surface area contributed by atoms with E-state index >= 15 is 0 Å². The van der Waals surface area contributed by atoms with E-state index in [9.17, 15) is 4.79 Å². The lowest BCUT2D eigenvalue weighted by molar-refractivity contribution is 0.102. The lowest BCUT2D eigenvalue weighted by atomic mass is 10.2. The van der Waals surface area contributed by atoms with Gasteiger partial charge in [0.15, 0.2) is 5.69 Å². The Morgan fingerprint density at radius 1 is 1.12 bits per heavy atom. The number of carbonyl (C=O) groups excluding carboxylic acids is 1. The first kappa shape index (κ1) is 17.3. The van der Waals surface area contributed by atoms with Gasteiger partial charge in [0.25, 0.3) is 5.91 Å². The van der Waals surface area contributed by atoms with E-state index in [2.05, 4.69) is 30.9 Å². The molecular formula is C17H20N8O. The molecule has 0 radical (unpaired) electrons. The molecular weight excluding hydrogens is 332 g/mol. The zero-order chi connectivity index (χ0) is 18.7. The van der Waals surface area contributed by atoms with Crippen molar-refractivity contribution in [3.63, 3.8) is 0 Å². The summed E-state index contributed by atoms with van der Waals surface area (Å²) in [6, 6.07) is 9.18. The van der Waals surface area contributed by atoms with E-state index in [1.165, 1.54) is 4.68 Å². The Bertz CT molecular complexity index is 917. The molecule has 0 aliphatic heterocycles. The van der Waals surface area contributed by atoms with Gasteiger partial charge in [0.05, 0.1) is 6.20 Å². The van der Waals surface area contributed by atoms with Gasteiger partial charge < -0.3 is 15.5 Å². The predicted octanol–water partition coefficient (Wildman–Crippen LogP) is 1.98. The summed E-state index contributed by atoms with van der Waals surface area (Å²) in [5.74, 6) is 1.04. The molecule has 2 aromatic heterocycles. The minimum absolute atomic E-state index is 0.263. The van der Waals surface area contributed by atoms with Crippen LogP contribution in [0.25, 0.3) is 0 Å². The molecule has 0 spiro atoms. The van der Waals surface area contributed by atoms with Crippen LogP contribution in [-0.4, -0.2) is 45.0 Å². The van der Waals surface area contributed by atoms with Gasteiger partial charge in [-0.2, -0.15) is 4.98 Å². The molecule has 0 atom stereocenters. The molecule has 3 aromatic rings. The van der Waals surface area contributed by atoms with Crippen molar-refractivity contribution in [1.29, 1.82) is 0 Å². The van der Waals surface area contributed by atoms with Crippen LogP contribution < -0.4 is 15.5 Å². The van der Waals surface area contributed by atoms with Crippen LogP contribution in [0.15, 0.2) is 36.5 Å². The molecule has 0 saturated heterocycles. The number of nitrogens with one attached hydrogen (secondary N) is 2. The van der Waals surface area contributed by atoms with E-state index in [0.717, 1.165) is 17.2 Å². The summed E-state index contributed by atoms with van der Waals surface area (Å²) in [5, 5.41) is 13.5. The zero-order valence-electron chi connectivity index (χ0n) is 15.1. The Kier molecular flexibility index (Phi) is 4.78. The highest BCUT2D eigenvalue weighted by Gasteiger charge is 2.10. The fourth-order valence-electron chi connectivity index (χ4n) is 2.25. The molecule has 9 nitrogen and oxygen atoms in total. The number of aryl methyl sites for hydroxylation is 2. The van der Waals surface area contributed by atoms with Gasteiger partial charge in [-0.3, -0.25) is 9.48 Å². The van der Waals surface area contributed by atoms with Gasteiger partial charge in [-0.05, 0) is 31.2 Å². The smallest absolute Gasteiger partial charge is 0.277 e. The van der Waals surface area contributed by atoms with E-state index < -0.39 is 0 Å². The summed E-state index contributed by atoms with van der Waals surface area (Å²) in [5.41, 5.74) is 2.61. The van der Waals surface area contributed by atoms with E-state index in [0.29, 0.717) is 11.6 Å². The molecule has 0 fully saturated rings. The van der Waals surface area contributed by atoms with Crippen LogP contribution in [0.5, 0.6) is 0 Å². The maximum atomic E-state index is 12.1. The van der Waals surface area contributed by atoms with Gasteiger partial charge >= 0.3 is 0 Å².